The molecule has 0 aromatic heterocycles. The van der Waals surface area contributed by atoms with Crippen molar-refractivity contribution in [2.45, 2.75) is 19.3 Å². The molecule has 20 heavy (non-hydrogen) atoms. The van der Waals surface area contributed by atoms with Crippen molar-refractivity contribution in [1.29, 1.82) is 0 Å². The Balaban J connectivity index is 2.34. The predicted molar refractivity (Wildman–Crippen MR) is 76.9 cm³/mol. The number of ether oxygens (including phenoxy) is 3. The number of sulfonamides is 1. The lowest BCUT2D eigenvalue weighted by atomic mass is 10.2. The summed E-state index contributed by atoms with van der Waals surface area (Å²) in [6, 6.07) is 5.30. The van der Waals surface area contributed by atoms with Crippen LogP contribution in [0.5, 0.6) is 17.2 Å². The molecule has 6 nitrogen and oxygen atoms in total. The Hall–Kier alpha value is -1.47. The van der Waals surface area contributed by atoms with Crippen LogP contribution in [0.2, 0.25) is 0 Å². The van der Waals surface area contributed by atoms with E-state index < -0.39 is 10.0 Å². The van der Waals surface area contributed by atoms with Gasteiger partial charge in [0.05, 0.1) is 26.6 Å². The van der Waals surface area contributed by atoms with Crippen molar-refractivity contribution in [2.75, 3.05) is 26.6 Å². The third kappa shape index (κ3) is 6.63. The molecule has 0 aliphatic heterocycles. The fraction of sp³-hybridized carbons (Fsp3) is 0.538. The first-order valence-corrected chi connectivity index (χ1v) is 8.02. The smallest absolute Gasteiger partial charge is 0.209 e. The Bertz CT molecular complexity index is 493. The number of benzene rings is 1. The summed E-state index contributed by atoms with van der Waals surface area (Å²) in [4.78, 5) is 0. The van der Waals surface area contributed by atoms with Gasteiger partial charge in [0.15, 0.2) is 0 Å². The minimum absolute atomic E-state index is 0.0139. The molecule has 0 unspecified atom stereocenters. The molecule has 1 aromatic rings. The number of unbranched alkanes of at least 4 members (excludes halogenated alkanes) is 2. The summed E-state index contributed by atoms with van der Waals surface area (Å²) < 4.78 is 37.4. The molecule has 0 fully saturated rings. The Morgan fingerprint density at radius 3 is 2.00 bits per heavy atom. The SMILES string of the molecule is COc1cc(OC)cc(OCCCCCS(N)(=O)=O)c1. The zero-order valence-electron chi connectivity index (χ0n) is 11.8. The van der Waals surface area contributed by atoms with Crippen molar-refractivity contribution in [3.05, 3.63) is 18.2 Å². The maximum Gasteiger partial charge on any atom is 0.209 e. The maximum atomic E-state index is 10.7. The number of primary sulfonamides is 1. The molecule has 1 aromatic carbocycles. The number of rotatable bonds is 9. The summed E-state index contributed by atoms with van der Waals surface area (Å²) in [7, 11) is -0.205. The van der Waals surface area contributed by atoms with E-state index in [4.69, 9.17) is 19.3 Å². The molecule has 0 atom stereocenters. The van der Waals surface area contributed by atoms with Gasteiger partial charge in [-0.05, 0) is 19.3 Å². The molecule has 0 heterocycles. The van der Waals surface area contributed by atoms with Gasteiger partial charge >= 0.3 is 0 Å². The van der Waals surface area contributed by atoms with Gasteiger partial charge in [-0.25, -0.2) is 13.6 Å². The van der Waals surface area contributed by atoms with Crippen molar-refractivity contribution in [3.8, 4) is 17.2 Å². The Kier molecular flexibility index (Phi) is 6.60. The molecule has 1 rings (SSSR count). The lowest BCUT2D eigenvalue weighted by Crippen LogP contribution is -2.16. The average Bonchev–Trinajstić information content (AvgIpc) is 2.41. The molecule has 0 saturated heterocycles. The van der Waals surface area contributed by atoms with Crippen LogP contribution < -0.4 is 19.3 Å². The zero-order valence-corrected chi connectivity index (χ0v) is 12.6. The minimum atomic E-state index is -3.36. The van der Waals surface area contributed by atoms with Gasteiger partial charge in [0.1, 0.15) is 17.2 Å². The van der Waals surface area contributed by atoms with Gasteiger partial charge in [-0.15, -0.1) is 0 Å². The van der Waals surface area contributed by atoms with Crippen LogP contribution in [-0.4, -0.2) is 35.0 Å². The molecule has 0 amide bonds. The van der Waals surface area contributed by atoms with Crippen LogP contribution in [0.25, 0.3) is 0 Å². The van der Waals surface area contributed by atoms with E-state index >= 15 is 0 Å². The second-order valence-electron chi connectivity index (χ2n) is 4.32. The third-order valence-corrected chi connectivity index (χ3v) is 3.52. The van der Waals surface area contributed by atoms with Crippen molar-refractivity contribution in [2.24, 2.45) is 5.14 Å². The molecule has 2 N–H and O–H groups in total. The molecule has 0 aliphatic rings. The highest BCUT2D eigenvalue weighted by Gasteiger charge is 2.04. The van der Waals surface area contributed by atoms with E-state index in [2.05, 4.69) is 0 Å². The monoisotopic (exact) mass is 303 g/mol. The topological polar surface area (TPSA) is 87.8 Å². The van der Waals surface area contributed by atoms with Crippen molar-refractivity contribution >= 4 is 10.0 Å². The van der Waals surface area contributed by atoms with Gasteiger partial charge < -0.3 is 14.2 Å². The molecule has 114 valence electrons. The van der Waals surface area contributed by atoms with Gasteiger partial charge in [-0.3, -0.25) is 0 Å². The molecular formula is C13H21NO5S. The normalized spacial score (nSPS) is 11.2. The van der Waals surface area contributed by atoms with Crippen molar-refractivity contribution < 1.29 is 22.6 Å². The highest BCUT2D eigenvalue weighted by Crippen LogP contribution is 2.27. The maximum absolute atomic E-state index is 10.7. The van der Waals surface area contributed by atoms with Crippen molar-refractivity contribution in [3.63, 3.8) is 0 Å². The van der Waals surface area contributed by atoms with Crippen LogP contribution >= 0.6 is 0 Å². The molecule has 7 heteroatoms. The zero-order chi connectivity index (χ0) is 15.0. The number of hydrogen-bond donors (Lipinski definition) is 1. The Labute approximate surface area is 119 Å². The first-order chi connectivity index (χ1) is 9.44. The number of nitrogens with two attached hydrogens (primary N) is 1. The second kappa shape index (κ2) is 7.96. The van der Waals surface area contributed by atoms with Gasteiger partial charge in [0, 0.05) is 18.2 Å². The van der Waals surface area contributed by atoms with Crippen LogP contribution in [0.3, 0.4) is 0 Å². The highest BCUT2D eigenvalue weighted by molar-refractivity contribution is 7.89. The van der Waals surface area contributed by atoms with E-state index in [1.54, 1.807) is 32.4 Å². The lowest BCUT2D eigenvalue weighted by Gasteiger charge is -2.10. The highest BCUT2D eigenvalue weighted by atomic mass is 32.2. The summed E-state index contributed by atoms with van der Waals surface area (Å²) in [6.07, 6.45) is 2.05. The fourth-order valence-corrected chi connectivity index (χ4v) is 2.24. The molecule has 0 radical (unpaired) electrons. The summed E-state index contributed by atoms with van der Waals surface area (Å²) in [5.41, 5.74) is 0. The van der Waals surface area contributed by atoms with Gasteiger partial charge in [-0.1, -0.05) is 0 Å². The van der Waals surface area contributed by atoms with E-state index in [-0.39, 0.29) is 5.75 Å². The van der Waals surface area contributed by atoms with Crippen LogP contribution in [0, 0.1) is 0 Å². The van der Waals surface area contributed by atoms with Crippen LogP contribution in [-0.2, 0) is 10.0 Å². The van der Waals surface area contributed by atoms with E-state index in [1.165, 1.54) is 0 Å². The van der Waals surface area contributed by atoms with Crippen LogP contribution in [0.4, 0.5) is 0 Å². The molecule has 0 aliphatic carbocycles. The molecular weight excluding hydrogens is 282 g/mol. The van der Waals surface area contributed by atoms with Crippen LogP contribution in [0.1, 0.15) is 19.3 Å². The molecule has 0 spiro atoms. The van der Waals surface area contributed by atoms with Gasteiger partial charge in [0.2, 0.25) is 10.0 Å². The average molecular weight is 303 g/mol. The second-order valence-corrected chi connectivity index (χ2v) is 6.06. The van der Waals surface area contributed by atoms with Gasteiger partial charge in [0.25, 0.3) is 0 Å². The van der Waals surface area contributed by atoms with E-state index in [9.17, 15) is 8.42 Å². The molecule has 0 saturated carbocycles. The number of methoxy groups -OCH3 is 2. The largest absolute Gasteiger partial charge is 0.496 e. The van der Waals surface area contributed by atoms with Crippen molar-refractivity contribution in [1.82, 2.24) is 0 Å². The standard InChI is InChI=1S/C13H21NO5S/c1-17-11-8-12(18-2)10-13(9-11)19-6-4-3-5-7-20(14,15)16/h8-10H,3-7H2,1-2H3,(H2,14,15,16). The van der Waals surface area contributed by atoms with E-state index in [0.717, 1.165) is 12.8 Å². The Morgan fingerprint density at radius 2 is 1.50 bits per heavy atom. The quantitative estimate of drug-likeness (QED) is 0.699. The minimum Gasteiger partial charge on any atom is -0.496 e. The first-order valence-electron chi connectivity index (χ1n) is 6.31. The van der Waals surface area contributed by atoms with Gasteiger partial charge in [-0.2, -0.15) is 0 Å². The number of hydrogen-bond acceptors (Lipinski definition) is 5. The predicted octanol–water partition coefficient (Wildman–Crippen LogP) is 1.54. The van der Waals surface area contributed by atoms with E-state index in [1.807, 2.05) is 0 Å². The van der Waals surface area contributed by atoms with E-state index in [0.29, 0.717) is 30.3 Å². The lowest BCUT2D eigenvalue weighted by molar-refractivity contribution is 0.301. The first kappa shape index (κ1) is 16.6. The summed E-state index contributed by atoms with van der Waals surface area (Å²) in [6.45, 7) is 0.501. The van der Waals surface area contributed by atoms with Crippen LogP contribution in [0.15, 0.2) is 18.2 Å². The Morgan fingerprint density at radius 1 is 0.950 bits per heavy atom. The molecule has 0 bridgehead atoms. The summed E-state index contributed by atoms with van der Waals surface area (Å²) in [5, 5.41) is 4.92. The summed E-state index contributed by atoms with van der Waals surface area (Å²) in [5.74, 6) is 2.00. The summed E-state index contributed by atoms with van der Waals surface area (Å²) >= 11 is 0. The fourth-order valence-electron chi connectivity index (χ4n) is 1.64. The third-order valence-electron chi connectivity index (χ3n) is 2.67.